The van der Waals surface area contributed by atoms with Gasteiger partial charge >= 0.3 is 0 Å². The molecule has 1 aromatic heterocycles. The van der Waals surface area contributed by atoms with Crippen molar-refractivity contribution < 1.29 is 18.7 Å². The van der Waals surface area contributed by atoms with Gasteiger partial charge in [-0.25, -0.2) is 0 Å². The number of likely N-dealkylation sites (tertiary alicyclic amines) is 1. The van der Waals surface area contributed by atoms with Crippen molar-refractivity contribution in [2.45, 2.75) is 26.7 Å². The molecule has 3 rings (SSSR count). The van der Waals surface area contributed by atoms with E-state index in [1.807, 2.05) is 26.0 Å². The van der Waals surface area contributed by atoms with Gasteiger partial charge in [-0.05, 0) is 56.0 Å². The number of primary amides is 1. The van der Waals surface area contributed by atoms with Crippen molar-refractivity contribution in [1.82, 2.24) is 4.90 Å². The van der Waals surface area contributed by atoms with Crippen molar-refractivity contribution in [2.75, 3.05) is 13.1 Å². The van der Waals surface area contributed by atoms with Crippen LogP contribution in [0.3, 0.4) is 0 Å². The zero-order valence-corrected chi connectivity index (χ0v) is 14.5. The zero-order chi connectivity index (χ0) is 18.0. The predicted molar refractivity (Wildman–Crippen MR) is 92.5 cm³/mol. The first-order valence-corrected chi connectivity index (χ1v) is 8.37. The van der Waals surface area contributed by atoms with E-state index in [9.17, 15) is 9.59 Å². The summed E-state index contributed by atoms with van der Waals surface area (Å²) in [6, 6.07) is 9.12. The fourth-order valence-electron chi connectivity index (χ4n) is 3.12. The van der Waals surface area contributed by atoms with E-state index < -0.39 is 0 Å². The number of hydrogen-bond donors (Lipinski definition) is 1. The average molecular weight is 342 g/mol. The predicted octanol–water partition coefficient (Wildman–Crippen LogP) is 3.03. The van der Waals surface area contributed by atoms with Crippen LogP contribution in [0.15, 0.2) is 34.7 Å². The lowest BCUT2D eigenvalue weighted by molar-refractivity contribution is -0.123. The molecule has 6 heteroatoms. The minimum Gasteiger partial charge on any atom is -0.426 e. The Bertz CT molecular complexity index is 768. The highest BCUT2D eigenvalue weighted by Crippen LogP contribution is 2.27. The van der Waals surface area contributed by atoms with Crippen LogP contribution in [0.1, 0.15) is 34.5 Å². The Labute approximate surface area is 146 Å². The van der Waals surface area contributed by atoms with E-state index >= 15 is 0 Å². The average Bonchev–Trinajstić information content (AvgIpc) is 3.01. The number of aryl methyl sites for hydroxylation is 2. The van der Waals surface area contributed by atoms with E-state index in [4.69, 9.17) is 14.9 Å². The molecule has 132 valence electrons. The molecule has 0 saturated carbocycles. The molecule has 0 spiro atoms. The van der Waals surface area contributed by atoms with Gasteiger partial charge in [0.15, 0.2) is 5.76 Å². The highest BCUT2D eigenvalue weighted by Gasteiger charge is 2.28. The van der Waals surface area contributed by atoms with Gasteiger partial charge in [0.05, 0.1) is 0 Å². The van der Waals surface area contributed by atoms with Gasteiger partial charge in [0.2, 0.25) is 5.91 Å². The second-order valence-corrected chi connectivity index (χ2v) is 6.51. The minimum absolute atomic E-state index is 0.149. The van der Waals surface area contributed by atoms with Gasteiger partial charge in [-0.2, -0.15) is 0 Å². The van der Waals surface area contributed by atoms with Gasteiger partial charge in [0, 0.05) is 25.1 Å². The molecule has 25 heavy (non-hydrogen) atoms. The largest absolute Gasteiger partial charge is 0.426 e. The van der Waals surface area contributed by atoms with Crippen molar-refractivity contribution in [3.8, 4) is 11.7 Å². The molecule has 0 bridgehead atoms. The fourth-order valence-corrected chi connectivity index (χ4v) is 3.12. The molecule has 0 atom stereocenters. The highest BCUT2D eigenvalue weighted by molar-refractivity contribution is 5.92. The highest BCUT2D eigenvalue weighted by atomic mass is 16.6. The molecule has 2 amide bonds. The molecule has 2 N–H and O–H groups in total. The summed E-state index contributed by atoms with van der Waals surface area (Å²) in [6.07, 6.45) is 1.18. The van der Waals surface area contributed by atoms with Crippen molar-refractivity contribution in [2.24, 2.45) is 11.7 Å². The summed E-state index contributed by atoms with van der Waals surface area (Å²) >= 11 is 0. The molecule has 2 aromatic rings. The summed E-state index contributed by atoms with van der Waals surface area (Å²) in [4.78, 5) is 25.4. The lowest BCUT2D eigenvalue weighted by Gasteiger charge is -2.29. The summed E-state index contributed by atoms with van der Waals surface area (Å²) in [5.74, 6) is 0.543. The smallest absolute Gasteiger partial charge is 0.290 e. The van der Waals surface area contributed by atoms with Gasteiger partial charge in [0.1, 0.15) is 5.75 Å². The van der Waals surface area contributed by atoms with Crippen LogP contribution in [-0.2, 0) is 4.79 Å². The Morgan fingerprint density at radius 3 is 2.36 bits per heavy atom. The fraction of sp³-hybridized carbons (Fsp3) is 0.368. The lowest BCUT2D eigenvalue weighted by atomic mass is 9.96. The first kappa shape index (κ1) is 17.1. The third-order valence-corrected chi connectivity index (χ3v) is 4.39. The molecule has 6 nitrogen and oxygen atoms in total. The number of piperidine rings is 1. The Morgan fingerprint density at radius 2 is 1.76 bits per heavy atom. The molecule has 1 aromatic carbocycles. The molecule has 0 radical (unpaired) electrons. The van der Waals surface area contributed by atoms with E-state index in [-0.39, 0.29) is 29.4 Å². The number of carbonyl (C=O) groups excluding carboxylic acids is 2. The maximum Gasteiger partial charge on any atom is 0.290 e. The number of rotatable bonds is 4. The number of furan rings is 1. The maximum atomic E-state index is 12.5. The van der Waals surface area contributed by atoms with Gasteiger partial charge in [-0.1, -0.05) is 6.07 Å². The minimum atomic E-state index is -0.297. The topological polar surface area (TPSA) is 85.8 Å². The van der Waals surface area contributed by atoms with Crippen LogP contribution >= 0.6 is 0 Å². The zero-order valence-electron chi connectivity index (χ0n) is 14.5. The number of hydrogen-bond acceptors (Lipinski definition) is 4. The number of amides is 2. The molecule has 1 aliphatic heterocycles. The number of carbonyl (C=O) groups is 2. The van der Waals surface area contributed by atoms with Crippen LogP contribution < -0.4 is 10.5 Å². The molecule has 0 unspecified atom stereocenters. The summed E-state index contributed by atoms with van der Waals surface area (Å²) in [5.41, 5.74) is 7.51. The van der Waals surface area contributed by atoms with Crippen LogP contribution in [0.2, 0.25) is 0 Å². The van der Waals surface area contributed by atoms with E-state index in [0.29, 0.717) is 31.7 Å². The molecule has 1 aliphatic rings. The lowest BCUT2D eigenvalue weighted by Crippen LogP contribution is -2.41. The Kier molecular flexibility index (Phi) is 4.79. The first-order chi connectivity index (χ1) is 11.9. The van der Waals surface area contributed by atoms with E-state index in [1.54, 1.807) is 17.0 Å². The van der Waals surface area contributed by atoms with Crippen molar-refractivity contribution in [3.63, 3.8) is 0 Å². The van der Waals surface area contributed by atoms with E-state index in [1.165, 1.54) is 0 Å². The standard InChI is InChI=1S/C19H22N2O4/c1-12-9-13(2)11-15(10-12)24-17-4-3-16(25-17)19(23)21-7-5-14(6-8-21)18(20)22/h3-4,9-11,14H,5-8H2,1-2H3,(H2,20,22). The van der Waals surface area contributed by atoms with E-state index in [2.05, 4.69) is 6.07 Å². The van der Waals surface area contributed by atoms with Crippen LogP contribution in [0.4, 0.5) is 0 Å². The summed E-state index contributed by atoms with van der Waals surface area (Å²) < 4.78 is 11.3. The number of benzene rings is 1. The normalized spacial score (nSPS) is 15.2. The summed E-state index contributed by atoms with van der Waals surface area (Å²) in [5, 5.41) is 0. The molecule has 2 heterocycles. The molecule has 1 fully saturated rings. The Morgan fingerprint density at radius 1 is 1.12 bits per heavy atom. The van der Waals surface area contributed by atoms with E-state index in [0.717, 1.165) is 11.1 Å². The van der Waals surface area contributed by atoms with Gasteiger partial charge in [-0.15, -0.1) is 0 Å². The van der Waals surface area contributed by atoms with Gasteiger partial charge < -0.3 is 19.8 Å². The van der Waals surface area contributed by atoms with Crippen molar-refractivity contribution in [1.29, 1.82) is 0 Å². The van der Waals surface area contributed by atoms with Crippen molar-refractivity contribution >= 4 is 11.8 Å². The number of nitrogens with zero attached hydrogens (tertiary/aromatic N) is 1. The molecular formula is C19H22N2O4. The van der Waals surface area contributed by atoms with Crippen LogP contribution in [-0.4, -0.2) is 29.8 Å². The molecular weight excluding hydrogens is 320 g/mol. The van der Waals surface area contributed by atoms with Crippen LogP contribution in [0.25, 0.3) is 0 Å². The third-order valence-electron chi connectivity index (χ3n) is 4.39. The second-order valence-electron chi connectivity index (χ2n) is 6.51. The quantitative estimate of drug-likeness (QED) is 0.925. The summed E-state index contributed by atoms with van der Waals surface area (Å²) in [7, 11) is 0. The van der Waals surface area contributed by atoms with Gasteiger partial charge in [-0.3, -0.25) is 9.59 Å². The monoisotopic (exact) mass is 342 g/mol. The first-order valence-electron chi connectivity index (χ1n) is 8.37. The summed E-state index contributed by atoms with van der Waals surface area (Å²) in [6.45, 7) is 4.99. The van der Waals surface area contributed by atoms with Crippen LogP contribution in [0, 0.1) is 19.8 Å². The Balaban J connectivity index is 1.65. The van der Waals surface area contributed by atoms with Gasteiger partial charge in [0.25, 0.3) is 11.9 Å². The third kappa shape index (κ3) is 4.02. The molecule has 1 saturated heterocycles. The molecule has 0 aliphatic carbocycles. The SMILES string of the molecule is Cc1cc(C)cc(Oc2ccc(C(=O)N3CCC(C(N)=O)CC3)o2)c1. The van der Waals surface area contributed by atoms with Crippen LogP contribution in [0.5, 0.6) is 11.7 Å². The number of nitrogens with two attached hydrogens (primary N) is 1. The Hall–Kier alpha value is -2.76. The second kappa shape index (κ2) is 7.01. The van der Waals surface area contributed by atoms with Crippen molar-refractivity contribution in [3.05, 3.63) is 47.2 Å². The number of ether oxygens (including phenoxy) is 1. The maximum absolute atomic E-state index is 12.5.